The molecule has 0 saturated carbocycles. The molecule has 0 bridgehead atoms. The monoisotopic (exact) mass is 284 g/mol. The van der Waals surface area contributed by atoms with Gasteiger partial charge in [0.1, 0.15) is 17.3 Å². The minimum Gasteiger partial charge on any atom is -0.472 e. The quantitative estimate of drug-likeness (QED) is 0.571. The Kier molecular flexibility index (Phi) is 3.27. The zero-order valence-corrected chi connectivity index (χ0v) is 11.1. The molecule has 106 valence electrons. The molecule has 0 spiro atoms. The Morgan fingerprint density at radius 2 is 2.14 bits per heavy atom. The highest BCUT2D eigenvalue weighted by atomic mass is 19.1. The summed E-state index contributed by atoms with van der Waals surface area (Å²) < 4.78 is 20.5. The molecule has 3 rings (SSSR count). The van der Waals surface area contributed by atoms with E-state index < -0.39 is 0 Å². The number of hydrogen-bond donors (Lipinski definition) is 2. The number of furan rings is 1. The summed E-state index contributed by atoms with van der Waals surface area (Å²) in [6.45, 7) is 0.250. The average molecular weight is 284 g/mol. The Morgan fingerprint density at radius 3 is 2.81 bits per heavy atom. The van der Waals surface area contributed by atoms with Gasteiger partial charge in [-0.2, -0.15) is 5.10 Å². The summed E-state index contributed by atoms with van der Waals surface area (Å²) in [5.74, 6) is -0.428. The fourth-order valence-corrected chi connectivity index (χ4v) is 2.10. The van der Waals surface area contributed by atoms with Crippen molar-refractivity contribution >= 4 is 5.84 Å². The lowest BCUT2D eigenvalue weighted by Gasteiger charge is -2.07. The van der Waals surface area contributed by atoms with Gasteiger partial charge in [-0.3, -0.25) is 10.1 Å². The van der Waals surface area contributed by atoms with E-state index in [4.69, 9.17) is 15.6 Å². The minimum absolute atomic E-state index is 0.132. The fourth-order valence-electron chi connectivity index (χ4n) is 2.10. The first-order chi connectivity index (χ1) is 10.1. The van der Waals surface area contributed by atoms with Gasteiger partial charge in [0.25, 0.3) is 0 Å². The summed E-state index contributed by atoms with van der Waals surface area (Å²) in [7, 11) is 0. The van der Waals surface area contributed by atoms with E-state index in [-0.39, 0.29) is 18.2 Å². The number of nitrogens with zero attached hydrogens (tertiary/aromatic N) is 2. The SMILES string of the molecule is N=C(N)c1cc(-c2ccoc2)n(Cc2ccccc2F)n1. The molecule has 1 aromatic carbocycles. The van der Waals surface area contributed by atoms with Gasteiger partial charge < -0.3 is 10.2 Å². The van der Waals surface area contributed by atoms with Crippen LogP contribution in [-0.2, 0) is 6.54 Å². The van der Waals surface area contributed by atoms with Gasteiger partial charge in [0.2, 0.25) is 0 Å². The van der Waals surface area contributed by atoms with Crippen molar-refractivity contribution in [3.05, 3.63) is 66.0 Å². The van der Waals surface area contributed by atoms with Crippen LogP contribution in [0.4, 0.5) is 4.39 Å². The standard InChI is InChI=1S/C15H13FN4O/c16-12-4-2-1-3-10(12)8-20-14(11-5-6-21-9-11)7-13(19-20)15(17)18/h1-7,9H,8H2,(H3,17,18). The third-order valence-corrected chi connectivity index (χ3v) is 3.15. The molecule has 3 N–H and O–H groups in total. The van der Waals surface area contributed by atoms with Crippen molar-refractivity contribution in [1.29, 1.82) is 5.41 Å². The predicted molar refractivity (Wildman–Crippen MR) is 76.4 cm³/mol. The second-order valence-corrected chi connectivity index (χ2v) is 4.59. The molecule has 6 heteroatoms. The second-order valence-electron chi connectivity index (χ2n) is 4.59. The molecule has 0 aliphatic heterocycles. The van der Waals surface area contributed by atoms with Crippen LogP contribution in [-0.4, -0.2) is 15.6 Å². The van der Waals surface area contributed by atoms with E-state index >= 15 is 0 Å². The number of nitrogens with two attached hydrogens (primary N) is 1. The van der Waals surface area contributed by atoms with Crippen molar-refractivity contribution in [2.75, 3.05) is 0 Å². The van der Waals surface area contributed by atoms with Gasteiger partial charge in [-0.05, 0) is 18.2 Å². The summed E-state index contributed by atoms with van der Waals surface area (Å²) in [4.78, 5) is 0. The van der Waals surface area contributed by atoms with Gasteiger partial charge >= 0.3 is 0 Å². The van der Waals surface area contributed by atoms with Crippen LogP contribution in [0.5, 0.6) is 0 Å². The second kappa shape index (κ2) is 5.24. The maximum Gasteiger partial charge on any atom is 0.143 e. The Hall–Kier alpha value is -2.89. The van der Waals surface area contributed by atoms with Gasteiger partial charge in [-0.1, -0.05) is 18.2 Å². The highest BCUT2D eigenvalue weighted by Gasteiger charge is 2.14. The van der Waals surface area contributed by atoms with E-state index in [0.717, 1.165) is 11.3 Å². The van der Waals surface area contributed by atoms with Gasteiger partial charge in [0.15, 0.2) is 0 Å². The van der Waals surface area contributed by atoms with Crippen LogP contribution in [0, 0.1) is 11.2 Å². The van der Waals surface area contributed by atoms with Gasteiger partial charge in [0.05, 0.1) is 24.8 Å². The molecule has 0 fully saturated rings. The van der Waals surface area contributed by atoms with Crippen LogP contribution < -0.4 is 5.73 Å². The van der Waals surface area contributed by atoms with E-state index in [1.165, 1.54) is 6.07 Å². The van der Waals surface area contributed by atoms with Crippen LogP contribution in [0.1, 0.15) is 11.3 Å². The molecule has 5 nitrogen and oxygen atoms in total. The molecular weight excluding hydrogens is 271 g/mol. The number of aromatic nitrogens is 2. The first kappa shape index (κ1) is 13.1. The largest absolute Gasteiger partial charge is 0.472 e. The summed E-state index contributed by atoms with van der Waals surface area (Å²) >= 11 is 0. The normalized spacial score (nSPS) is 10.7. The topological polar surface area (TPSA) is 80.8 Å². The Labute approximate surface area is 120 Å². The molecular formula is C15H13FN4O. The number of nitrogen functional groups attached to an aromatic ring is 1. The third kappa shape index (κ3) is 2.55. The third-order valence-electron chi connectivity index (χ3n) is 3.15. The summed E-state index contributed by atoms with van der Waals surface area (Å²) in [5, 5.41) is 11.8. The fraction of sp³-hybridized carbons (Fsp3) is 0.0667. The summed E-state index contributed by atoms with van der Waals surface area (Å²) in [6.07, 6.45) is 3.11. The van der Waals surface area contributed by atoms with E-state index in [2.05, 4.69) is 5.10 Å². The Bertz CT molecular complexity index is 777. The molecule has 0 unspecified atom stereocenters. The van der Waals surface area contributed by atoms with Crippen LogP contribution in [0.3, 0.4) is 0 Å². The lowest BCUT2D eigenvalue weighted by molar-refractivity contribution is 0.566. The Morgan fingerprint density at radius 1 is 1.33 bits per heavy atom. The van der Waals surface area contributed by atoms with E-state index in [1.54, 1.807) is 47.5 Å². The number of rotatable bonds is 4. The molecule has 3 aromatic rings. The van der Waals surface area contributed by atoms with Crippen molar-refractivity contribution in [3.8, 4) is 11.3 Å². The zero-order chi connectivity index (χ0) is 14.8. The maximum atomic E-state index is 13.8. The summed E-state index contributed by atoms with van der Waals surface area (Å²) in [6, 6.07) is 9.98. The minimum atomic E-state index is -0.296. The van der Waals surface area contributed by atoms with E-state index in [9.17, 15) is 4.39 Å². The number of benzene rings is 1. The highest BCUT2D eigenvalue weighted by Crippen LogP contribution is 2.22. The highest BCUT2D eigenvalue weighted by molar-refractivity contribution is 5.94. The number of amidine groups is 1. The maximum absolute atomic E-state index is 13.8. The van der Waals surface area contributed by atoms with Gasteiger partial charge in [-0.15, -0.1) is 0 Å². The molecule has 0 aliphatic rings. The molecule has 2 aromatic heterocycles. The van der Waals surface area contributed by atoms with Crippen molar-refractivity contribution in [2.24, 2.45) is 5.73 Å². The van der Waals surface area contributed by atoms with Crippen LogP contribution in [0.15, 0.2) is 53.3 Å². The van der Waals surface area contributed by atoms with Crippen molar-refractivity contribution < 1.29 is 8.81 Å². The molecule has 2 heterocycles. The lowest BCUT2D eigenvalue weighted by atomic mass is 10.2. The van der Waals surface area contributed by atoms with Crippen molar-refractivity contribution in [2.45, 2.75) is 6.54 Å². The smallest absolute Gasteiger partial charge is 0.143 e. The average Bonchev–Trinajstić information content (AvgIpc) is 3.10. The molecule has 0 radical (unpaired) electrons. The molecule has 0 saturated heterocycles. The molecule has 0 aliphatic carbocycles. The first-order valence-corrected chi connectivity index (χ1v) is 6.33. The Balaban J connectivity index is 2.05. The predicted octanol–water partition coefficient (Wildman–Crippen LogP) is 2.61. The first-order valence-electron chi connectivity index (χ1n) is 6.33. The van der Waals surface area contributed by atoms with E-state index in [1.807, 2.05) is 0 Å². The van der Waals surface area contributed by atoms with Crippen molar-refractivity contribution in [1.82, 2.24) is 9.78 Å². The van der Waals surface area contributed by atoms with Crippen molar-refractivity contribution in [3.63, 3.8) is 0 Å². The molecule has 21 heavy (non-hydrogen) atoms. The van der Waals surface area contributed by atoms with Crippen LogP contribution in [0.25, 0.3) is 11.3 Å². The molecule has 0 amide bonds. The van der Waals surface area contributed by atoms with Crippen LogP contribution in [0.2, 0.25) is 0 Å². The zero-order valence-electron chi connectivity index (χ0n) is 11.1. The number of hydrogen-bond acceptors (Lipinski definition) is 3. The van der Waals surface area contributed by atoms with Crippen LogP contribution >= 0.6 is 0 Å². The number of nitrogens with one attached hydrogen (secondary N) is 1. The van der Waals surface area contributed by atoms with Gasteiger partial charge in [0, 0.05) is 11.1 Å². The number of halogens is 1. The van der Waals surface area contributed by atoms with Gasteiger partial charge in [-0.25, -0.2) is 4.39 Å². The molecule has 0 atom stereocenters. The lowest BCUT2D eigenvalue weighted by Crippen LogP contribution is -2.13. The van der Waals surface area contributed by atoms with E-state index in [0.29, 0.717) is 11.3 Å². The summed E-state index contributed by atoms with van der Waals surface area (Å²) in [5.41, 5.74) is 7.86.